The van der Waals surface area contributed by atoms with E-state index in [1.807, 2.05) is 24.8 Å². The third-order valence-corrected chi connectivity index (χ3v) is 4.82. The number of H-pyrrole nitrogens is 1. The van der Waals surface area contributed by atoms with E-state index < -0.39 is 5.82 Å². The van der Waals surface area contributed by atoms with Crippen molar-refractivity contribution in [3.63, 3.8) is 0 Å². The average Bonchev–Trinajstić information content (AvgIpc) is 3.36. The second kappa shape index (κ2) is 9.08. The SMILES string of the molecule is CC(=O)N[C@H]1CCN(c2nc(Nc3cc(C)[nH]n3)nc(N[C@@H](C)c3ncc(F)cn3)n2)C1. The molecule has 0 unspecified atom stereocenters. The van der Waals surface area contributed by atoms with Gasteiger partial charge in [0.25, 0.3) is 0 Å². The summed E-state index contributed by atoms with van der Waals surface area (Å²) in [6, 6.07) is 1.48. The maximum atomic E-state index is 13.1. The zero-order valence-corrected chi connectivity index (χ0v) is 17.9. The second-order valence-corrected chi connectivity index (χ2v) is 7.60. The summed E-state index contributed by atoms with van der Waals surface area (Å²) in [5.74, 6) is 1.45. The minimum Gasteiger partial charge on any atom is -0.352 e. The van der Waals surface area contributed by atoms with E-state index in [9.17, 15) is 9.18 Å². The minimum atomic E-state index is -0.507. The van der Waals surface area contributed by atoms with E-state index in [1.165, 1.54) is 6.92 Å². The van der Waals surface area contributed by atoms with Crippen molar-refractivity contribution in [2.75, 3.05) is 28.6 Å². The second-order valence-electron chi connectivity index (χ2n) is 7.60. The summed E-state index contributed by atoms with van der Waals surface area (Å²) < 4.78 is 13.1. The lowest BCUT2D eigenvalue weighted by molar-refractivity contribution is -0.119. The zero-order valence-electron chi connectivity index (χ0n) is 17.9. The summed E-state index contributed by atoms with van der Waals surface area (Å²) >= 11 is 0. The lowest BCUT2D eigenvalue weighted by Crippen LogP contribution is -2.36. The number of carbonyl (C=O) groups excluding carboxylic acids is 1. The van der Waals surface area contributed by atoms with Crippen LogP contribution in [0.25, 0.3) is 0 Å². The average molecular weight is 441 g/mol. The van der Waals surface area contributed by atoms with E-state index in [0.717, 1.165) is 24.5 Å². The molecule has 1 saturated heterocycles. The highest BCUT2D eigenvalue weighted by Gasteiger charge is 2.26. The molecule has 3 aromatic heterocycles. The van der Waals surface area contributed by atoms with Crippen molar-refractivity contribution in [1.82, 2.24) is 40.4 Å². The van der Waals surface area contributed by atoms with Crippen molar-refractivity contribution in [2.24, 2.45) is 0 Å². The topological polar surface area (TPSA) is 150 Å². The molecule has 0 radical (unpaired) electrons. The first-order chi connectivity index (χ1) is 15.4. The smallest absolute Gasteiger partial charge is 0.235 e. The number of aromatic amines is 1. The molecule has 168 valence electrons. The number of aryl methyl sites for hydroxylation is 1. The summed E-state index contributed by atoms with van der Waals surface area (Å²) in [7, 11) is 0. The molecule has 0 spiro atoms. The molecule has 32 heavy (non-hydrogen) atoms. The number of carbonyl (C=O) groups is 1. The summed E-state index contributed by atoms with van der Waals surface area (Å²) in [4.78, 5) is 34.9. The van der Waals surface area contributed by atoms with Gasteiger partial charge in [-0.15, -0.1) is 0 Å². The van der Waals surface area contributed by atoms with Crippen LogP contribution in [0.15, 0.2) is 18.5 Å². The Bertz CT molecular complexity index is 1090. The summed E-state index contributed by atoms with van der Waals surface area (Å²) in [5, 5.41) is 16.2. The van der Waals surface area contributed by atoms with Crippen LogP contribution in [-0.2, 0) is 4.79 Å². The third kappa shape index (κ3) is 5.22. The van der Waals surface area contributed by atoms with E-state index in [1.54, 1.807) is 0 Å². The number of amides is 1. The van der Waals surface area contributed by atoms with Gasteiger partial charge in [0.05, 0.1) is 18.4 Å². The van der Waals surface area contributed by atoms with E-state index >= 15 is 0 Å². The van der Waals surface area contributed by atoms with Gasteiger partial charge in [-0.05, 0) is 20.3 Å². The van der Waals surface area contributed by atoms with Gasteiger partial charge in [-0.1, -0.05) is 0 Å². The quantitative estimate of drug-likeness (QED) is 0.424. The fourth-order valence-corrected chi connectivity index (χ4v) is 3.37. The zero-order chi connectivity index (χ0) is 22.7. The Morgan fingerprint density at radius 2 is 2.00 bits per heavy atom. The van der Waals surface area contributed by atoms with E-state index in [2.05, 4.69) is 51.1 Å². The van der Waals surface area contributed by atoms with Gasteiger partial charge in [0.15, 0.2) is 11.6 Å². The Morgan fingerprint density at radius 1 is 1.25 bits per heavy atom. The van der Waals surface area contributed by atoms with E-state index in [-0.39, 0.29) is 18.0 Å². The maximum absolute atomic E-state index is 13.1. The van der Waals surface area contributed by atoms with Crippen LogP contribution in [-0.4, -0.2) is 60.2 Å². The van der Waals surface area contributed by atoms with Crippen LogP contribution < -0.4 is 20.9 Å². The molecular weight excluding hydrogens is 417 g/mol. The molecule has 3 aromatic rings. The molecule has 1 fully saturated rings. The molecular formula is C19H24FN11O. The van der Waals surface area contributed by atoms with Gasteiger partial charge in [-0.2, -0.15) is 20.1 Å². The van der Waals surface area contributed by atoms with Crippen molar-refractivity contribution >= 4 is 29.6 Å². The number of rotatable bonds is 7. The summed E-state index contributed by atoms with van der Waals surface area (Å²) in [5.41, 5.74) is 0.889. The van der Waals surface area contributed by atoms with Gasteiger partial charge in [0.1, 0.15) is 5.82 Å². The molecule has 0 aromatic carbocycles. The van der Waals surface area contributed by atoms with Gasteiger partial charge in [0.2, 0.25) is 23.8 Å². The Balaban J connectivity index is 1.58. The molecule has 4 heterocycles. The molecule has 13 heteroatoms. The number of nitrogens with one attached hydrogen (secondary N) is 4. The van der Waals surface area contributed by atoms with Crippen LogP contribution >= 0.6 is 0 Å². The molecule has 1 amide bonds. The van der Waals surface area contributed by atoms with Crippen molar-refractivity contribution in [3.8, 4) is 0 Å². The lowest BCUT2D eigenvalue weighted by Gasteiger charge is -2.19. The number of nitrogens with zero attached hydrogens (tertiary/aromatic N) is 7. The van der Waals surface area contributed by atoms with Gasteiger partial charge < -0.3 is 20.9 Å². The first kappa shape index (κ1) is 21.3. The largest absolute Gasteiger partial charge is 0.352 e. The normalized spacial score (nSPS) is 16.6. The predicted molar refractivity (Wildman–Crippen MR) is 115 cm³/mol. The highest BCUT2D eigenvalue weighted by molar-refractivity contribution is 5.73. The molecule has 12 nitrogen and oxygen atoms in total. The van der Waals surface area contributed by atoms with E-state index in [0.29, 0.717) is 42.6 Å². The molecule has 4 N–H and O–H groups in total. The summed E-state index contributed by atoms with van der Waals surface area (Å²) in [6.07, 6.45) is 3.01. The van der Waals surface area contributed by atoms with Crippen molar-refractivity contribution in [1.29, 1.82) is 0 Å². The summed E-state index contributed by atoms with van der Waals surface area (Å²) in [6.45, 7) is 6.48. The number of halogens is 1. The highest BCUT2D eigenvalue weighted by Crippen LogP contribution is 2.22. The van der Waals surface area contributed by atoms with Gasteiger partial charge >= 0.3 is 0 Å². The Labute approximate surface area is 183 Å². The third-order valence-electron chi connectivity index (χ3n) is 4.82. The molecule has 0 aliphatic carbocycles. The fraction of sp³-hybridized carbons (Fsp3) is 0.421. The Hall–Kier alpha value is -3.90. The minimum absolute atomic E-state index is 0.0256. The predicted octanol–water partition coefficient (Wildman–Crippen LogP) is 1.46. The molecule has 0 bridgehead atoms. The van der Waals surface area contributed by atoms with Crippen LogP contribution in [0.5, 0.6) is 0 Å². The number of anilines is 4. The lowest BCUT2D eigenvalue weighted by atomic mass is 10.3. The van der Waals surface area contributed by atoms with Crippen LogP contribution in [0.2, 0.25) is 0 Å². The molecule has 1 aliphatic heterocycles. The number of aromatic nitrogens is 7. The Kier molecular flexibility index (Phi) is 6.05. The van der Waals surface area contributed by atoms with Crippen molar-refractivity contribution in [2.45, 2.75) is 39.3 Å². The van der Waals surface area contributed by atoms with Crippen LogP contribution in [0, 0.1) is 12.7 Å². The Morgan fingerprint density at radius 3 is 2.69 bits per heavy atom. The standard InChI is InChI=1S/C19H24FN11O/c1-10-6-15(30-29-10)25-18-26-17(23-11(2)16-21-7-13(20)8-22-16)27-19(28-18)31-5-4-14(9-31)24-12(3)32/h6-8,11,14H,4-5,9H2,1-3H3,(H,24,32)(H3,23,25,26,27,28,29,30)/t11-,14-/m0/s1. The first-order valence-corrected chi connectivity index (χ1v) is 10.2. The molecule has 1 aliphatic rings. The van der Waals surface area contributed by atoms with E-state index in [4.69, 9.17) is 0 Å². The highest BCUT2D eigenvalue weighted by atomic mass is 19.1. The molecule has 2 atom stereocenters. The van der Waals surface area contributed by atoms with Gasteiger partial charge in [-0.3, -0.25) is 9.89 Å². The van der Waals surface area contributed by atoms with Crippen LogP contribution in [0.4, 0.5) is 28.1 Å². The van der Waals surface area contributed by atoms with Gasteiger partial charge in [-0.25, -0.2) is 14.4 Å². The maximum Gasteiger partial charge on any atom is 0.235 e. The van der Waals surface area contributed by atoms with Crippen molar-refractivity contribution < 1.29 is 9.18 Å². The first-order valence-electron chi connectivity index (χ1n) is 10.2. The fourth-order valence-electron chi connectivity index (χ4n) is 3.37. The monoisotopic (exact) mass is 441 g/mol. The number of hydrogen-bond donors (Lipinski definition) is 4. The van der Waals surface area contributed by atoms with Crippen molar-refractivity contribution in [3.05, 3.63) is 35.8 Å². The number of hydrogen-bond acceptors (Lipinski definition) is 10. The molecule has 4 rings (SSSR count). The molecule has 0 saturated carbocycles. The van der Waals surface area contributed by atoms with Crippen LogP contribution in [0.1, 0.15) is 37.8 Å². The van der Waals surface area contributed by atoms with Crippen LogP contribution in [0.3, 0.4) is 0 Å². The van der Waals surface area contributed by atoms with Gasteiger partial charge in [0, 0.05) is 37.8 Å².